The highest BCUT2D eigenvalue weighted by Gasteiger charge is 2.58. The summed E-state index contributed by atoms with van der Waals surface area (Å²) in [5.41, 5.74) is 0.00832. The van der Waals surface area contributed by atoms with Crippen molar-refractivity contribution in [2.75, 3.05) is 18.0 Å². The molecule has 0 aromatic heterocycles. The molecule has 0 unspecified atom stereocenters. The van der Waals surface area contributed by atoms with Crippen molar-refractivity contribution in [2.24, 2.45) is 0 Å². The molecule has 1 aliphatic rings. The van der Waals surface area contributed by atoms with E-state index in [1.54, 1.807) is 0 Å². The van der Waals surface area contributed by atoms with E-state index in [9.17, 15) is 22.0 Å². The summed E-state index contributed by atoms with van der Waals surface area (Å²) in [7, 11) is 0. The molecule has 139 valence electrons. The number of piperidine rings is 1. The standard InChI is InChI=1S/C19H17F5NO/c20-18(21,19(22,23)24)14-6-8-16(9-7-14)26-17-10-12-25(13-11-17)15-4-2-1-3-5-15/h2-9,17H,10-13H2. The Bertz CT molecular complexity index is 707. The largest absolute Gasteiger partial charge is 0.490 e. The van der Waals surface area contributed by atoms with Crippen molar-refractivity contribution in [1.82, 2.24) is 0 Å². The quantitative estimate of drug-likeness (QED) is 0.687. The van der Waals surface area contributed by atoms with E-state index in [1.807, 2.05) is 24.3 Å². The van der Waals surface area contributed by atoms with Gasteiger partial charge >= 0.3 is 12.1 Å². The molecular weight excluding hydrogens is 353 g/mol. The maximum absolute atomic E-state index is 13.3. The first-order valence-corrected chi connectivity index (χ1v) is 8.20. The highest BCUT2D eigenvalue weighted by Crippen LogP contribution is 2.44. The van der Waals surface area contributed by atoms with Gasteiger partial charge < -0.3 is 9.64 Å². The highest BCUT2D eigenvalue weighted by atomic mass is 19.4. The van der Waals surface area contributed by atoms with Crippen LogP contribution in [0.2, 0.25) is 0 Å². The molecule has 1 fully saturated rings. The average Bonchev–Trinajstić information content (AvgIpc) is 2.63. The molecule has 1 heterocycles. The number of hydrogen-bond acceptors (Lipinski definition) is 2. The Morgan fingerprint density at radius 3 is 2.00 bits per heavy atom. The first-order valence-electron chi connectivity index (χ1n) is 8.20. The summed E-state index contributed by atoms with van der Waals surface area (Å²) in [6, 6.07) is 14.4. The number of nitrogens with zero attached hydrogens (tertiary/aromatic N) is 1. The fraction of sp³-hybridized carbons (Fsp3) is 0.368. The predicted molar refractivity (Wildman–Crippen MR) is 87.5 cm³/mol. The molecular formula is C19H17F5NO. The van der Waals surface area contributed by atoms with Crippen molar-refractivity contribution in [3.8, 4) is 5.75 Å². The van der Waals surface area contributed by atoms with Crippen molar-refractivity contribution >= 4 is 5.69 Å². The molecule has 3 rings (SSSR count). The topological polar surface area (TPSA) is 12.5 Å². The molecule has 1 radical (unpaired) electrons. The van der Waals surface area contributed by atoms with Crippen LogP contribution in [-0.2, 0) is 5.92 Å². The van der Waals surface area contributed by atoms with Crippen LogP contribution < -0.4 is 9.64 Å². The van der Waals surface area contributed by atoms with E-state index in [1.165, 1.54) is 0 Å². The molecule has 1 aliphatic heterocycles. The van der Waals surface area contributed by atoms with Gasteiger partial charge in [-0.05, 0) is 42.5 Å². The Balaban J connectivity index is 1.57. The van der Waals surface area contributed by atoms with Gasteiger partial charge in [0.25, 0.3) is 0 Å². The lowest BCUT2D eigenvalue weighted by Crippen LogP contribution is -2.38. The first kappa shape index (κ1) is 18.5. The van der Waals surface area contributed by atoms with Crippen molar-refractivity contribution in [2.45, 2.75) is 31.0 Å². The third-order valence-corrected chi connectivity index (χ3v) is 4.38. The molecule has 0 saturated carbocycles. The summed E-state index contributed by atoms with van der Waals surface area (Å²) < 4.78 is 69.4. The summed E-state index contributed by atoms with van der Waals surface area (Å²) in [5.74, 6) is -4.58. The molecule has 2 nitrogen and oxygen atoms in total. The third-order valence-electron chi connectivity index (χ3n) is 4.38. The van der Waals surface area contributed by atoms with Crippen LogP contribution >= 0.6 is 0 Å². The number of benzene rings is 2. The van der Waals surface area contributed by atoms with Crippen molar-refractivity contribution in [1.29, 1.82) is 0 Å². The number of anilines is 1. The third kappa shape index (κ3) is 3.92. The zero-order valence-corrected chi connectivity index (χ0v) is 13.8. The van der Waals surface area contributed by atoms with Gasteiger partial charge in [-0.2, -0.15) is 22.0 Å². The van der Waals surface area contributed by atoms with Gasteiger partial charge in [-0.15, -0.1) is 0 Å². The van der Waals surface area contributed by atoms with Gasteiger partial charge in [0.2, 0.25) is 0 Å². The fourth-order valence-electron chi connectivity index (χ4n) is 2.92. The van der Waals surface area contributed by atoms with Gasteiger partial charge in [-0.1, -0.05) is 12.1 Å². The average molecular weight is 370 g/mol. The number of hydrogen-bond donors (Lipinski definition) is 0. The van der Waals surface area contributed by atoms with E-state index in [4.69, 9.17) is 4.74 Å². The van der Waals surface area contributed by atoms with Crippen LogP contribution in [0, 0.1) is 6.07 Å². The van der Waals surface area contributed by atoms with E-state index in [2.05, 4.69) is 11.0 Å². The number of ether oxygens (including phenoxy) is 1. The Hall–Kier alpha value is -2.31. The summed E-state index contributed by atoms with van der Waals surface area (Å²) in [6.07, 6.45) is -4.24. The Labute approximate surface area is 148 Å². The molecule has 2 aromatic carbocycles. The van der Waals surface area contributed by atoms with Crippen LogP contribution in [0.25, 0.3) is 0 Å². The minimum absolute atomic E-state index is 0.101. The molecule has 0 atom stereocenters. The first-order chi connectivity index (χ1) is 12.3. The normalized spacial score (nSPS) is 16.6. The number of rotatable bonds is 4. The molecule has 0 N–H and O–H groups in total. The van der Waals surface area contributed by atoms with Gasteiger partial charge in [0.05, 0.1) is 0 Å². The van der Waals surface area contributed by atoms with Crippen LogP contribution in [0.1, 0.15) is 18.4 Å². The maximum Gasteiger partial charge on any atom is 0.458 e. The summed E-state index contributed by atoms with van der Waals surface area (Å²) in [4.78, 5) is 2.21. The minimum atomic E-state index is -5.61. The number of alkyl halides is 5. The van der Waals surface area contributed by atoms with Crippen LogP contribution in [0.4, 0.5) is 27.6 Å². The lowest BCUT2D eigenvalue weighted by atomic mass is 10.1. The van der Waals surface area contributed by atoms with E-state index < -0.39 is 17.7 Å². The van der Waals surface area contributed by atoms with Crippen molar-refractivity contribution < 1.29 is 26.7 Å². The van der Waals surface area contributed by atoms with Crippen LogP contribution in [0.5, 0.6) is 5.75 Å². The van der Waals surface area contributed by atoms with Gasteiger partial charge in [-0.3, -0.25) is 0 Å². The van der Waals surface area contributed by atoms with Crippen LogP contribution in [0.15, 0.2) is 48.5 Å². The van der Waals surface area contributed by atoms with Crippen LogP contribution in [0.3, 0.4) is 0 Å². The number of halogens is 5. The smallest absolute Gasteiger partial charge is 0.458 e. The summed E-state index contributed by atoms with van der Waals surface area (Å²) >= 11 is 0. The lowest BCUT2D eigenvalue weighted by molar-refractivity contribution is -0.289. The van der Waals surface area contributed by atoms with E-state index >= 15 is 0 Å². The monoisotopic (exact) mass is 370 g/mol. The minimum Gasteiger partial charge on any atom is -0.490 e. The molecule has 26 heavy (non-hydrogen) atoms. The molecule has 7 heteroatoms. The molecule has 0 amide bonds. The summed E-state index contributed by atoms with van der Waals surface area (Å²) in [5, 5.41) is 0. The second-order valence-corrected chi connectivity index (χ2v) is 6.16. The van der Waals surface area contributed by atoms with Gasteiger partial charge in [0.1, 0.15) is 11.9 Å². The summed E-state index contributed by atoms with van der Waals surface area (Å²) in [6.45, 7) is 1.55. The second kappa shape index (κ2) is 7.13. The van der Waals surface area contributed by atoms with Crippen molar-refractivity contribution in [3.05, 3.63) is 60.2 Å². The maximum atomic E-state index is 13.3. The predicted octanol–water partition coefficient (Wildman–Crippen LogP) is 5.19. The molecule has 0 spiro atoms. The second-order valence-electron chi connectivity index (χ2n) is 6.16. The van der Waals surface area contributed by atoms with Gasteiger partial charge in [-0.25, -0.2) is 0 Å². The fourth-order valence-corrected chi connectivity index (χ4v) is 2.92. The van der Waals surface area contributed by atoms with E-state index in [0.717, 1.165) is 55.9 Å². The molecule has 0 aliphatic carbocycles. The SMILES string of the molecule is FC(F)(F)C(F)(F)c1ccc(OC2CCN(c3cc[c]cc3)CC2)cc1. The molecule has 2 aromatic rings. The van der Waals surface area contributed by atoms with Gasteiger partial charge in [0.15, 0.2) is 0 Å². The zero-order chi connectivity index (χ0) is 18.8. The van der Waals surface area contributed by atoms with E-state index in [0.29, 0.717) is 5.75 Å². The van der Waals surface area contributed by atoms with Crippen LogP contribution in [-0.4, -0.2) is 25.4 Å². The molecule has 1 saturated heterocycles. The zero-order valence-electron chi connectivity index (χ0n) is 13.8. The highest BCUT2D eigenvalue weighted by molar-refractivity contribution is 5.46. The Morgan fingerprint density at radius 1 is 0.885 bits per heavy atom. The Morgan fingerprint density at radius 2 is 1.46 bits per heavy atom. The lowest BCUT2D eigenvalue weighted by Gasteiger charge is -2.33. The Kier molecular flexibility index (Phi) is 5.07. The van der Waals surface area contributed by atoms with Gasteiger partial charge in [0, 0.05) is 37.2 Å². The van der Waals surface area contributed by atoms with E-state index in [-0.39, 0.29) is 6.10 Å². The van der Waals surface area contributed by atoms with Crippen molar-refractivity contribution in [3.63, 3.8) is 0 Å². The molecule has 0 bridgehead atoms.